The largest absolute Gasteiger partial charge is 0.497 e. The Morgan fingerprint density at radius 2 is 1.78 bits per heavy atom. The number of hydrogen-bond donors (Lipinski definition) is 1. The van der Waals surface area contributed by atoms with E-state index in [2.05, 4.69) is 15.4 Å². The number of nitrogens with one attached hydrogen (secondary N) is 1. The SMILES string of the molecule is COc1ccc(Oc2cc(NC(=O)c3nn4c(C(F)(F)F)cc(C)nc4c3Cl)cc([N+](=O)[O-])c2)cc1. The Labute approximate surface area is 205 Å². The molecule has 0 atom stereocenters. The van der Waals surface area contributed by atoms with Gasteiger partial charge in [-0.2, -0.15) is 18.3 Å². The number of rotatable bonds is 6. The number of carbonyl (C=O) groups is 1. The van der Waals surface area contributed by atoms with Gasteiger partial charge in [-0.05, 0) is 37.3 Å². The number of carbonyl (C=O) groups excluding carboxylic acids is 1. The summed E-state index contributed by atoms with van der Waals surface area (Å²) in [6, 6.07) is 10.6. The second-order valence-corrected chi connectivity index (χ2v) is 7.76. The summed E-state index contributed by atoms with van der Waals surface area (Å²) in [6.07, 6.45) is -4.79. The van der Waals surface area contributed by atoms with Gasteiger partial charge < -0.3 is 14.8 Å². The molecule has 1 amide bonds. The van der Waals surface area contributed by atoms with Gasteiger partial charge in [0.25, 0.3) is 11.6 Å². The monoisotopic (exact) mass is 521 g/mol. The highest BCUT2D eigenvalue weighted by molar-refractivity contribution is 6.37. The van der Waals surface area contributed by atoms with E-state index in [1.807, 2.05) is 0 Å². The molecule has 14 heteroatoms. The lowest BCUT2D eigenvalue weighted by atomic mass is 10.2. The van der Waals surface area contributed by atoms with Crippen LogP contribution in [0.5, 0.6) is 17.2 Å². The Morgan fingerprint density at radius 3 is 2.39 bits per heavy atom. The molecule has 0 aliphatic heterocycles. The number of alkyl halides is 3. The number of nitrogens with zero attached hydrogens (tertiary/aromatic N) is 4. The number of non-ortho nitro benzene ring substituents is 1. The molecule has 0 saturated heterocycles. The number of methoxy groups -OCH3 is 1. The van der Waals surface area contributed by atoms with Crippen molar-refractivity contribution in [3.8, 4) is 17.2 Å². The van der Waals surface area contributed by atoms with Crippen molar-refractivity contribution < 1.29 is 32.4 Å². The molecule has 0 bridgehead atoms. The van der Waals surface area contributed by atoms with Gasteiger partial charge in [0, 0.05) is 17.8 Å². The van der Waals surface area contributed by atoms with E-state index < -0.39 is 39.1 Å². The van der Waals surface area contributed by atoms with E-state index in [1.54, 1.807) is 24.3 Å². The minimum Gasteiger partial charge on any atom is -0.497 e. The molecule has 0 unspecified atom stereocenters. The number of benzene rings is 2. The molecule has 0 aliphatic rings. The third kappa shape index (κ3) is 5.00. The van der Waals surface area contributed by atoms with E-state index >= 15 is 0 Å². The average molecular weight is 522 g/mol. The van der Waals surface area contributed by atoms with Crippen LogP contribution in [0, 0.1) is 17.0 Å². The number of halogens is 4. The third-order valence-electron chi connectivity index (χ3n) is 4.82. The molecule has 0 aliphatic carbocycles. The number of nitro groups is 1. The first-order valence-corrected chi connectivity index (χ1v) is 10.4. The topological polar surface area (TPSA) is 121 Å². The zero-order valence-electron chi connectivity index (χ0n) is 18.5. The summed E-state index contributed by atoms with van der Waals surface area (Å²) in [6.45, 7) is 1.34. The summed E-state index contributed by atoms with van der Waals surface area (Å²) in [5, 5.41) is 17.0. The number of nitro benzene ring substituents is 1. The number of anilines is 1. The maximum atomic E-state index is 13.5. The first-order valence-electron chi connectivity index (χ1n) is 10.0. The van der Waals surface area contributed by atoms with Gasteiger partial charge in [-0.25, -0.2) is 9.50 Å². The number of hydrogen-bond acceptors (Lipinski definition) is 7. The molecule has 4 rings (SSSR count). The van der Waals surface area contributed by atoms with Crippen molar-refractivity contribution in [1.29, 1.82) is 0 Å². The zero-order valence-corrected chi connectivity index (χ0v) is 19.2. The van der Waals surface area contributed by atoms with Crippen molar-refractivity contribution in [2.45, 2.75) is 13.1 Å². The van der Waals surface area contributed by atoms with E-state index in [9.17, 15) is 28.1 Å². The van der Waals surface area contributed by atoms with Crippen LogP contribution in [0.4, 0.5) is 24.5 Å². The van der Waals surface area contributed by atoms with Crippen molar-refractivity contribution in [3.05, 3.63) is 80.7 Å². The lowest BCUT2D eigenvalue weighted by Crippen LogP contribution is -2.16. The maximum absolute atomic E-state index is 13.5. The van der Waals surface area contributed by atoms with E-state index in [4.69, 9.17) is 21.1 Å². The van der Waals surface area contributed by atoms with Gasteiger partial charge in [0.15, 0.2) is 11.3 Å². The van der Waals surface area contributed by atoms with Gasteiger partial charge in [0.1, 0.15) is 28.0 Å². The summed E-state index contributed by atoms with van der Waals surface area (Å²) in [7, 11) is 1.49. The summed E-state index contributed by atoms with van der Waals surface area (Å²) in [5.41, 5.74) is -2.56. The maximum Gasteiger partial charge on any atom is 0.433 e. The number of aromatic nitrogens is 3. The van der Waals surface area contributed by atoms with Crippen LogP contribution in [0.25, 0.3) is 5.65 Å². The number of fused-ring (bicyclic) bond motifs is 1. The molecule has 2 heterocycles. The molecule has 10 nitrogen and oxygen atoms in total. The molecule has 186 valence electrons. The fourth-order valence-electron chi connectivity index (χ4n) is 3.25. The van der Waals surface area contributed by atoms with Crippen molar-refractivity contribution in [3.63, 3.8) is 0 Å². The normalized spacial score (nSPS) is 11.4. The first kappa shape index (κ1) is 24.7. The van der Waals surface area contributed by atoms with E-state index in [0.29, 0.717) is 16.0 Å². The zero-order chi connectivity index (χ0) is 26.2. The van der Waals surface area contributed by atoms with Crippen LogP contribution < -0.4 is 14.8 Å². The van der Waals surface area contributed by atoms with Crippen LogP contribution in [-0.2, 0) is 6.18 Å². The number of aryl methyl sites for hydroxylation is 1. The van der Waals surface area contributed by atoms with Gasteiger partial charge in [-0.1, -0.05) is 11.6 Å². The lowest BCUT2D eigenvalue weighted by molar-refractivity contribution is -0.384. The molecule has 2 aromatic carbocycles. The molecule has 2 aromatic heterocycles. The highest BCUT2D eigenvalue weighted by Gasteiger charge is 2.36. The highest BCUT2D eigenvalue weighted by Crippen LogP contribution is 2.34. The minimum atomic E-state index is -4.79. The van der Waals surface area contributed by atoms with Gasteiger partial charge in [0.05, 0.1) is 23.8 Å². The average Bonchev–Trinajstić information content (AvgIpc) is 3.14. The number of amides is 1. The molecule has 0 saturated carbocycles. The van der Waals surface area contributed by atoms with Crippen LogP contribution in [0.15, 0.2) is 48.5 Å². The summed E-state index contributed by atoms with van der Waals surface area (Å²) < 4.78 is 51.5. The van der Waals surface area contributed by atoms with Crippen LogP contribution >= 0.6 is 11.6 Å². The summed E-state index contributed by atoms with van der Waals surface area (Å²) in [4.78, 5) is 27.5. The minimum absolute atomic E-state index is 0.0161. The van der Waals surface area contributed by atoms with Crippen LogP contribution in [0.2, 0.25) is 5.02 Å². The Kier molecular flexibility index (Phi) is 6.41. The van der Waals surface area contributed by atoms with Gasteiger partial charge >= 0.3 is 6.18 Å². The summed E-state index contributed by atoms with van der Waals surface area (Å²) in [5.74, 6) is -0.0928. The predicted octanol–water partition coefficient (Wildman–Crippen LogP) is 5.67. The molecule has 36 heavy (non-hydrogen) atoms. The predicted molar refractivity (Wildman–Crippen MR) is 122 cm³/mol. The number of ether oxygens (including phenoxy) is 2. The standard InChI is InChI=1S/C22H15ClF3N5O5/c1-11-7-17(22(24,25)26)30-20(27-11)18(23)19(29-30)21(32)28-12-8-13(31(33)34)10-16(9-12)36-15-5-3-14(35-2)4-6-15/h3-10H,1-2H3,(H,28,32). The summed E-state index contributed by atoms with van der Waals surface area (Å²) >= 11 is 6.14. The van der Waals surface area contributed by atoms with Gasteiger partial charge in [0.2, 0.25) is 0 Å². The second-order valence-electron chi connectivity index (χ2n) is 7.38. The van der Waals surface area contributed by atoms with E-state index in [0.717, 1.165) is 18.2 Å². The van der Waals surface area contributed by atoms with Crippen molar-refractivity contribution in [1.82, 2.24) is 14.6 Å². The Bertz CT molecular complexity index is 1490. The third-order valence-corrected chi connectivity index (χ3v) is 5.17. The van der Waals surface area contributed by atoms with Crippen molar-refractivity contribution >= 4 is 34.5 Å². The first-order chi connectivity index (χ1) is 17.0. The van der Waals surface area contributed by atoms with Crippen LogP contribution in [0.3, 0.4) is 0 Å². The highest BCUT2D eigenvalue weighted by atomic mass is 35.5. The van der Waals surface area contributed by atoms with Crippen molar-refractivity contribution in [2.24, 2.45) is 0 Å². The Balaban J connectivity index is 1.68. The van der Waals surface area contributed by atoms with Crippen LogP contribution in [-0.4, -0.2) is 32.5 Å². The molecule has 0 spiro atoms. The molecular weight excluding hydrogens is 507 g/mol. The molecule has 0 fully saturated rings. The molecular formula is C22H15ClF3N5O5. The van der Waals surface area contributed by atoms with E-state index in [-0.39, 0.29) is 22.8 Å². The van der Waals surface area contributed by atoms with E-state index in [1.165, 1.54) is 20.1 Å². The van der Waals surface area contributed by atoms with Gasteiger partial charge in [-0.3, -0.25) is 14.9 Å². The smallest absolute Gasteiger partial charge is 0.433 e. The Morgan fingerprint density at radius 1 is 1.11 bits per heavy atom. The van der Waals surface area contributed by atoms with Gasteiger partial charge in [-0.15, -0.1) is 0 Å². The Hall–Kier alpha value is -4.39. The second kappa shape index (κ2) is 9.34. The molecule has 1 N–H and O–H groups in total. The fourth-order valence-corrected chi connectivity index (χ4v) is 3.50. The van der Waals surface area contributed by atoms with Crippen LogP contribution in [0.1, 0.15) is 21.9 Å². The molecule has 0 radical (unpaired) electrons. The quantitative estimate of drug-likeness (QED) is 0.256. The lowest BCUT2D eigenvalue weighted by Gasteiger charge is -2.10. The van der Waals surface area contributed by atoms with Crippen molar-refractivity contribution in [2.75, 3.05) is 12.4 Å². The fraction of sp³-hybridized carbons (Fsp3) is 0.136. The molecule has 4 aromatic rings.